The number of nitrogens with zero attached hydrogens (tertiary/aromatic N) is 1. The van der Waals surface area contributed by atoms with Crippen molar-refractivity contribution in [1.29, 1.82) is 0 Å². The molecule has 1 fully saturated rings. The molecule has 2 N–H and O–H groups in total. The smallest absolute Gasteiger partial charge is 0.235 e. The summed E-state index contributed by atoms with van der Waals surface area (Å²) in [6, 6.07) is 0. The number of nitrogens with two attached hydrogens (primary N) is 1. The molecule has 18 heavy (non-hydrogen) atoms. The highest BCUT2D eigenvalue weighted by Gasteiger charge is 2.39. The van der Waals surface area contributed by atoms with Crippen molar-refractivity contribution < 1.29 is 9.53 Å². The van der Waals surface area contributed by atoms with E-state index in [0.717, 1.165) is 25.9 Å². The average molecular weight is 272 g/mol. The zero-order valence-electron chi connectivity index (χ0n) is 11.6. The predicted molar refractivity (Wildman–Crippen MR) is 76.4 cm³/mol. The van der Waals surface area contributed by atoms with Crippen LogP contribution in [0, 0.1) is 11.3 Å². The van der Waals surface area contributed by atoms with Crippen molar-refractivity contribution >= 4 is 23.1 Å². The Balaban J connectivity index is 2.74. The summed E-state index contributed by atoms with van der Waals surface area (Å²) >= 11 is 5.06. The first kappa shape index (κ1) is 15.4. The number of carbonyl (C=O) groups excluding carboxylic acids is 1. The molecule has 0 aromatic carbocycles. The Hall–Kier alpha value is -0.680. The molecule has 1 rings (SSSR count). The number of hydrogen-bond donors (Lipinski definition) is 1. The minimum atomic E-state index is -0.704. The molecule has 5 heteroatoms. The Morgan fingerprint density at radius 3 is 2.78 bits per heavy atom. The lowest BCUT2D eigenvalue weighted by molar-refractivity contribution is -0.140. The highest BCUT2D eigenvalue weighted by molar-refractivity contribution is 7.80. The number of ether oxygens (including phenoxy) is 1. The SMILES string of the molecule is CCC(C)(C(=O)N1CCCC(COC)C1)C(N)=S. The molecule has 0 aliphatic carbocycles. The van der Waals surface area contributed by atoms with Crippen LogP contribution in [0.2, 0.25) is 0 Å². The number of hydrogen-bond acceptors (Lipinski definition) is 3. The van der Waals surface area contributed by atoms with Gasteiger partial charge in [-0.1, -0.05) is 19.1 Å². The van der Waals surface area contributed by atoms with Crippen LogP contribution < -0.4 is 5.73 Å². The van der Waals surface area contributed by atoms with E-state index in [1.54, 1.807) is 7.11 Å². The van der Waals surface area contributed by atoms with Crippen molar-refractivity contribution in [3.8, 4) is 0 Å². The molecule has 1 aliphatic rings. The third-order valence-electron chi connectivity index (χ3n) is 3.93. The van der Waals surface area contributed by atoms with E-state index in [1.807, 2.05) is 18.7 Å². The van der Waals surface area contributed by atoms with E-state index >= 15 is 0 Å². The molecule has 2 atom stereocenters. The lowest BCUT2D eigenvalue weighted by Gasteiger charge is -2.38. The van der Waals surface area contributed by atoms with Crippen LogP contribution >= 0.6 is 12.2 Å². The van der Waals surface area contributed by atoms with Crippen LogP contribution in [0.4, 0.5) is 0 Å². The minimum Gasteiger partial charge on any atom is -0.392 e. The van der Waals surface area contributed by atoms with Crippen molar-refractivity contribution in [3.05, 3.63) is 0 Å². The maximum Gasteiger partial charge on any atom is 0.235 e. The van der Waals surface area contributed by atoms with Gasteiger partial charge >= 0.3 is 0 Å². The molecule has 0 radical (unpaired) electrons. The number of amides is 1. The van der Waals surface area contributed by atoms with Gasteiger partial charge in [-0.15, -0.1) is 0 Å². The number of carbonyl (C=O) groups is 1. The van der Waals surface area contributed by atoms with Crippen molar-refractivity contribution in [1.82, 2.24) is 4.90 Å². The lowest BCUT2D eigenvalue weighted by atomic mass is 9.84. The van der Waals surface area contributed by atoms with Gasteiger partial charge in [0.25, 0.3) is 0 Å². The second-order valence-corrected chi connectivity index (χ2v) is 5.70. The van der Waals surface area contributed by atoms with Crippen molar-refractivity contribution in [2.45, 2.75) is 33.1 Å². The molecule has 4 nitrogen and oxygen atoms in total. The molecular weight excluding hydrogens is 248 g/mol. The minimum absolute atomic E-state index is 0.0679. The lowest BCUT2D eigenvalue weighted by Crippen LogP contribution is -2.51. The van der Waals surface area contributed by atoms with Crippen LogP contribution in [0.1, 0.15) is 33.1 Å². The highest BCUT2D eigenvalue weighted by Crippen LogP contribution is 2.27. The molecule has 1 heterocycles. The summed E-state index contributed by atoms with van der Waals surface area (Å²) in [7, 11) is 1.70. The maximum absolute atomic E-state index is 12.6. The average Bonchev–Trinajstić information content (AvgIpc) is 2.37. The van der Waals surface area contributed by atoms with Crippen molar-refractivity contribution in [3.63, 3.8) is 0 Å². The summed E-state index contributed by atoms with van der Waals surface area (Å²) in [4.78, 5) is 14.8. The van der Waals surface area contributed by atoms with Crippen LogP contribution in [0.15, 0.2) is 0 Å². The van der Waals surface area contributed by atoms with E-state index < -0.39 is 5.41 Å². The standard InChI is InChI=1S/C13H24N2O2S/c1-4-13(2,11(14)18)12(16)15-7-5-6-10(8-15)9-17-3/h10H,4-9H2,1-3H3,(H2,14,18). The molecule has 0 aromatic rings. The maximum atomic E-state index is 12.6. The summed E-state index contributed by atoms with van der Waals surface area (Å²) in [5, 5.41) is 0. The van der Waals surface area contributed by atoms with E-state index in [4.69, 9.17) is 22.7 Å². The first-order valence-electron chi connectivity index (χ1n) is 6.54. The van der Waals surface area contributed by atoms with Crippen molar-refractivity contribution in [2.75, 3.05) is 26.8 Å². The second-order valence-electron chi connectivity index (χ2n) is 5.26. The Morgan fingerprint density at radius 1 is 1.61 bits per heavy atom. The molecule has 104 valence electrons. The van der Waals surface area contributed by atoms with E-state index in [0.29, 0.717) is 23.9 Å². The zero-order chi connectivity index (χ0) is 13.8. The third-order valence-corrected chi connectivity index (χ3v) is 4.38. The van der Waals surface area contributed by atoms with E-state index in [-0.39, 0.29) is 5.91 Å². The molecule has 0 spiro atoms. The van der Waals surface area contributed by atoms with Gasteiger partial charge in [0.05, 0.1) is 17.0 Å². The number of methoxy groups -OCH3 is 1. The number of thiocarbonyl (C=S) groups is 1. The van der Waals surface area contributed by atoms with Gasteiger partial charge in [-0.2, -0.15) is 0 Å². The molecule has 1 amide bonds. The summed E-state index contributed by atoms with van der Waals surface area (Å²) < 4.78 is 5.18. The van der Waals surface area contributed by atoms with E-state index in [9.17, 15) is 4.79 Å². The Labute approximate surface area is 115 Å². The van der Waals surface area contributed by atoms with Gasteiger partial charge in [0.1, 0.15) is 0 Å². The van der Waals surface area contributed by atoms with Crippen LogP contribution in [0.25, 0.3) is 0 Å². The van der Waals surface area contributed by atoms with Gasteiger partial charge in [0.15, 0.2) is 0 Å². The summed E-state index contributed by atoms with van der Waals surface area (Å²) in [6.07, 6.45) is 2.79. The Kier molecular flexibility index (Phi) is 5.53. The number of rotatable bonds is 5. The summed E-state index contributed by atoms with van der Waals surface area (Å²) in [6.45, 7) is 6.06. The third kappa shape index (κ3) is 3.20. The van der Waals surface area contributed by atoms with E-state index in [2.05, 4.69) is 0 Å². The fourth-order valence-corrected chi connectivity index (χ4v) is 2.63. The largest absolute Gasteiger partial charge is 0.392 e. The first-order valence-corrected chi connectivity index (χ1v) is 6.94. The fraction of sp³-hybridized carbons (Fsp3) is 0.846. The van der Waals surface area contributed by atoms with Gasteiger partial charge in [-0.3, -0.25) is 4.79 Å². The monoisotopic (exact) mass is 272 g/mol. The fourth-order valence-electron chi connectivity index (χ4n) is 2.40. The van der Waals surface area contributed by atoms with E-state index in [1.165, 1.54) is 0 Å². The van der Waals surface area contributed by atoms with Gasteiger partial charge in [0.2, 0.25) is 5.91 Å². The molecule has 1 saturated heterocycles. The summed E-state index contributed by atoms with van der Waals surface area (Å²) in [5.41, 5.74) is 5.04. The van der Waals surface area contributed by atoms with Crippen LogP contribution in [0.5, 0.6) is 0 Å². The molecule has 0 aromatic heterocycles. The molecular formula is C13H24N2O2S. The van der Waals surface area contributed by atoms with Crippen LogP contribution in [-0.4, -0.2) is 42.6 Å². The predicted octanol–water partition coefficient (Wildman–Crippen LogP) is 1.57. The van der Waals surface area contributed by atoms with Gasteiger partial charge in [-0.05, 0) is 32.1 Å². The molecule has 1 aliphatic heterocycles. The quantitative estimate of drug-likeness (QED) is 0.772. The molecule has 0 bridgehead atoms. The Morgan fingerprint density at radius 2 is 2.28 bits per heavy atom. The zero-order valence-corrected chi connectivity index (χ0v) is 12.4. The van der Waals surface area contributed by atoms with Crippen molar-refractivity contribution in [2.24, 2.45) is 17.1 Å². The number of piperidine rings is 1. The normalized spacial score (nSPS) is 23.5. The number of likely N-dealkylation sites (tertiary alicyclic amines) is 1. The second kappa shape index (κ2) is 6.48. The Bertz CT molecular complexity index is 320. The first-order chi connectivity index (χ1) is 8.45. The topological polar surface area (TPSA) is 55.6 Å². The van der Waals surface area contributed by atoms with Gasteiger partial charge in [-0.25, -0.2) is 0 Å². The summed E-state index contributed by atoms with van der Waals surface area (Å²) in [5.74, 6) is 0.499. The van der Waals surface area contributed by atoms with Crippen LogP contribution in [-0.2, 0) is 9.53 Å². The highest BCUT2D eigenvalue weighted by atomic mass is 32.1. The van der Waals surface area contributed by atoms with Crippen LogP contribution in [0.3, 0.4) is 0 Å². The van der Waals surface area contributed by atoms with Gasteiger partial charge < -0.3 is 15.4 Å². The molecule has 0 saturated carbocycles. The van der Waals surface area contributed by atoms with Gasteiger partial charge in [0, 0.05) is 20.2 Å². The molecule has 2 unspecified atom stereocenters.